The number of pyridine rings is 2. The van der Waals surface area contributed by atoms with E-state index in [2.05, 4.69) is 36.9 Å². The third kappa shape index (κ3) is 4.83. The van der Waals surface area contributed by atoms with Crippen molar-refractivity contribution in [3.8, 4) is 5.88 Å². The predicted octanol–water partition coefficient (Wildman–Crippen LogP) is 1.45. The van der Waals surface area contributed by atoms with E-state index < -0.39 is 0 Å². The molecule has 1 aliphatic carbocycles. The maximum absolute atomic E-state index is 13.1. The highest BCUT2D eigenvalue weighted by atomic mass is 16.5. The lowest BCUT2D eigenvalue weighted by Crippen LogP contribution is -2.40. The Kier molecular flexibility index (Phi) is 6.21. The first-order valence-corrected chi connectivity index (χ1v) is 11.4. The smallest absolute Gasteiger partial charge is 0.227 e. The van der Waals surface area contributed by atoms with Crippen LogP contribution in [0.15, 0.2) is 35.1 Å². The second-order valence-electron chi connectivity index (χ2n) is 8.66. The molecule has 4 heterocycles. The van der Waals surface area contributed by atoms with Crippen LogP contribution >= 0.6 is 0 Å². The first-order valence-electron chi connectivity index (χ1n) is 11.4. The topological polar surface area (TPSA) is 105 Å². The summed E-state index contributed by atoms with van der Waals surface area (Å²) in [6, 6.07) is 5.41. The molecule has 5 rings (SSSR count). The van der Waals surface area contributed by atoms with E-state index in [-0.39, 0.29) is 11.8 Å². The monoisotopic (exact) mass is 448 g/mol. The van der Waals surface area contributed by atoms with Gasteiger partial charge in [-0.25, -0.2) is 4.98 Å². The van der Waals surface area contributed by atoms with Crippen molar-refractivity contribution < 1.29 is 14.1 Å². The summed E-state index contributed by atoms with van der Waals surface area (Å²) in [7, 11) is 1.58. The molecule has 9 heteroatoms. The van der Waals surface area contributed by atoms with E-state index in [1.54, 1.807) is 31.6 Å². The Hall–Kier alpha value is -3.46. The Morgan fingerprint density at radius 1 is 1.30 bits per heavy atom. The number of methoxy groups -OCH3 is 1. The molecule has 0 aromatic carbocycles. The molecule has 9 nitrogen and oxygen atoms in total. The number of amides is 1. The van der Waals surface area contributed by atoms with Crippen LogP contribution in [-0.2, 0) is 4.79 Å². The molecule has 3 aromatic heterocycles. The molecule has 1 amide bonds. The van der Waals surface area contributed by atoms with Crippen LogP contribution in [0.5, 0.6) is 5.88 Å². The van der Waals surface area contributed by atoms with Gasteiger partial charge in [-0.2, -0.15) is 0 Å². The number of hydrogen-bond acceptors (Lipinski definition) is 8. The minimum atomic E-state index is -0.00572. The standard InChI is InChI=1S/C24H28N6O3/c1-32-22-6-5-19-23(29-22)20(7-9-26-19)28-24(31)17-4-2-3-16(11-17)12-25-15-30-10-8-21-18(14-30)13-27-33-21/h5-9,13-14,16-17,25H,2-4,10-12,15H2,1H3,(H,26,28,31). The van der Waals surface area contributed by atoms with Gasteiger partial charge in [-0.05, 0) is 49.9 Å². The Morgan fingerprint density at radius 3 is 3.15 bits per heavy atom. The molecular formula is C24H28N6O3. The summed E-state index contributed by atoms with van der Waals surface area (Å²) < 4.78 is 10.4. The van der Waals surface area contributed by atoms with Crippen molar-refractivity contribution >= 4 is 34.9 Å². The van der Waals surface area contributed by atoms with E-state index >= 15 is 0 Å². The van der Waals surface area contributed by atoms with Gasteiger partial charge < -0.3 is 19.5 Å². The summed E-state index contributed by atoms with van der Waals surface area (Å²) in [5.74, 6) is 1.02. The summed E-state index contributed by atoms with van der Waals surface area (Å²) in [4.78, 5) is 24.1. The lowest BCUT2D eigenvalue weighted by Gasteiger charge is -2.29. The van der Waals surface area contributed by atoms with Crippen molar-refractivity contribution in [1.29, 1.82) is 0 Å². The average molecular weight is 449 g/mol. The number of ether oxygens (including phenoxy) is 1. The number of aromatic nitrogens is 3. The molecule has 1 aliphatic heterocycles. The summed E-state index contributed by atoms with van der Waals surface area (Å²) in [5.41, 5.74) is 2.88. The van der Waals surface area contributed by atoms with E-state index in [9.17, 15) is 4.79 Å². The summed E-state index contributed by atoms with van der Waals surface area (Å²) in [6.07, 6.45) is 11.5. The fourth-order valence-corrected chi connectivity index (χ4v) is 4.65. The Labute approximate surface area is 191 Å². The van der Waals surface area contributed by atoms with Crippen molar-refractivity contribution in [2.24, 2.45) is 11.8 Å². The van der Waals surface area contributed by atoms with Crippen LogP contribution in [0.25, 0.3) is 23.3 Å². The predicted molar refractivity (Wildman–Crippen MR) is 124 cm³/mol. The fraction of sp³-hybridized carbons (Fsp3) is 0.417. The van der Waals surface area contributed by atoms with E-state index in [0.29, 0.717) is 23.0 Å². The van der Waals surface area contributed by atoms with Crippen LogP contribution in [0.4, 0.5) is 5.69 Å². The Balaban J connectivity index is 1.16. The van der Waals surface area contributed by atoms with Gasteiger partial charge in [0.25, 0.3) is 0 Å². The minimum absolute atomic E-state index is 0.00572. The lowest BCUT2D eigenvalue weighted by molar-refractivity contribution is -0.121. The zero-order valence-corrected chi connectivity index (χ0v) is 18.7. The van der Waals surface area contributed by atoms with Crippen LogP contribution in [0.3, 0.4) is 0 Å². The zero-order valence-electron chi connectivity index (χ0n) is 18.7. The third-order valence-electron chi connectivity index (χ3n) is 6.39. The molecule has 2 N–H and O–H groups in total. The molecule has 33 heavy (non-hydrogen) atoms. The maximum atomic E-state index is 13.1. The highest BCUT2D eigenvalue weighted by molar-refractivity contribution is 6.00. The van der Waals surface area contributed by atoms with Crippen molar-refractivity contribution in [3.05, 3.63) is 41.2 Å². The molecule has 1 saturated carbocycles. The van der Waals surface area contributed by atoms with Gasteiger partial charge in [0.2, 0.25) is 11.8 Å². The van der Waals surface area contributed by atoms with Gasteiger partial charge in [0.15, 0.2) is 5.42 Å². The van der Waals surface area contributed by atoms with E-state index in [0.717, 1.165) is 61.6 Å². The summed E-state index contributed by atoms with van der Waals surface area (Å²) in [6.45, 7) is 2.44. The van der Waals surface area contributed by atoms with Gasteiger partial charge >= 0.3 is 0 Å². The molecule has 2 aliphatic rings. The van der Waals surface area contributed by atoms with Crippen LogP contribution in [0, 0.1) is 11.8 Å². The second-order valence-corrected chi connectivity index (χ2v) is 8.66. The summed E-state index contributed by atoms with van der Waals surface area (Å²) in [5, 5.41) is 11.5. The zero-order chi connectivity index (χ0) is 22.6. The minimum Gasteiger partial charge on any atom is -0.481 e. The molecule has 0 saturated heterocycles. The van der Waals surface area contributed by atoms with E-state index in [1.807, 2.05) is 12.1 Å². The van der Waals surface area contributed by atoms with Crippen LogP contribution < -0.4 is 26.0 Å². The summed E-state index contributed by atoms with van der Waals surface area (Å²) >= 11 is 0. The molecule has 0 bridgehead atoms. The molecular weight excluding hydrogens is 420 g/mol. The number of rotatable bonds is 7. The van der Waals surface area contributed by atoms with Gasteiger partial charge in [0, 0.05) is 30.9 Å². The average Bonchev–Trinajstić information content (AvgIpc) is 3.32. The van der Waals surface area contributed by atoms with Gasteiger partial charge in [-0.1, -0.05) is 11.6 Å². The largest absolute Gasteiger partial charge is 0.481 e. The van der Waals surface area contributed by atoms with Crippen molar-refractivity contribution in [2.45, 2.75) is 25.7 Å². The highest BCUT2D eigenvalue weighted by Crippen LogP contribution is 2.30. The number of carbonyl (C=O) groups is 1. The molecule has 2 unspecified atom stereocenters. The molecule has 0 spiro atoms. The first-order chi connectivity index (χ1) is 16.2. The first kappa shape index (κ1) is 21.4. The number of hydrogen-bond donors (Lipinski definition) is 2. The fourth-order valence-electron chi connectivity index (χ4n) is 4.65. The Morgan fingerprint density at radius 2 is 2.24 bits per heavy atom. The van der Waals surface area contributed by atoms with Crippen LogP contribution in [0.2, 0.25) is 0 Å². The number of carbonyl (C=O) groups excluding carboxylic acids is 1. The van der Waals surface area contributed by atoms with Crippen molar-refractivity contribution in [3.63, 3.8) is 0 Å². The molecule has 3 aromatic rings. The maximum Gasteiger partial charge on any atom is 0.227 e. The van der Waals surface area contributed by atoms with Crippen molar-refractivity contribution in [1.82, 2.24) is 25.3 Å². The van der Waals surface area contributed by atoms with E-state index in [1.165, 1.54) is 0 Å². The van der Waals surface area contributed by atoms with Gasteiger partial charge in [0.05, 0.1) is 36.4 Å². The van der Waals surface area contributed by atoms with Gasteiger partial charge in [0.1, 0.15) is 5.52 Å². The molecule has 0 radical (unpaired) electrons. The molecule has 1 fully saturated rings. The molecule has 172 valence electrons. The molecule has 2 atom stereocenters. The number of anilines is 1. The van der Waals surface area contributed by atoms with Crippen molar-refractivity contribution in [2.75, 3.05) is 32.2 Å². The van der Waals surface area contributed by atoms with Crippen LogP contribution in [0.1, 0.15) is 25.7 Å². The normalized spacial score (nSPS) is 20.0. The van der Waals surface area contributed by atoms with E-state index in [4.69, 9.17) is 9.26 Å². The lowest BCUT2D eigenvalue weighted by atomic mass is 9.81. The SMILES string of the molecule is COc1ccc2nccc(NC(=O)C3CCCC(CNCN4C=c5cnoc5=CC4)C3)c2n1. The van der Waals surface area contributed by atoms with Crippen LogP contribution in [-0.4, -0.2) is 52.8 Å². The van der Waals surface area contributed by atoms with Gasteiger partial charge in [-0.15, -0.1) is 0 Å². The third-order valence-corrected chi connectivity index (χ3v) is 6.39. The highest BCUT2D eigenvalue weighted by Gasteiger charge is 2.27. The number of fused-ring (bicyclic) bond motifs is 2. The quantitative estimate of drug-likeness (QED) is 0.560. The second kappa shape index (κ2) is 9.58. The van der Waals surface area contributed by atoms with Gasteiger partial charge in [-0.3, -0.25) is 15.1 Å². The Bertz CT molecular complexity index is 1260. The number of nitrogens with one attached hydrogen (secondary N) is 2. The number of nitrogens with zero attached hydrogens (tertiary/aromatic N) is 4.